The van der Waals surface area contributed by atoms with Crippen LogP contribution in [0.2, 0.25) is 0 Å². The molecule has 0 saturated heterocycles. The van der Waals surface area contributed by atoms with E-state index in [-0.39, 0.29) is 6.04 Å². The smallest absolute Gasteiger partial charge is 0.0573 e. The second-order valence-corrected chi connectivity index (χ2v) is 4.34. The van der Waals surface area contributed by atoms with Gasteiger partial charge >= 0.3 is 0 Å². The van der Waals surface area contributed by atoms with Gasteiger partial charge in [-0.15, -0.1) is 0 Å². The molecule has 0 aliphatic carbocycles. The molecule has 1 heterocycles. The van der Waals surface area contributed by atoms with E-state index >= 15 is 0 Å². The molecule has 0 aliphatic heterocycles. The van der Waals surface area contributed by atoms with Crippen LogP contribution >= 0.6 is 0 Å². The van der Waals surface area contributed by atoms with Gasteiger partial charge in [0.25, 0.3) is 0 Å². The zero-order valence-electron chi connectivity index (χ0n) is 9.33. The average molecular weight is 192 g/mol. The van der Waals surface area contributed by atoms with Gasteiger partial charge in [0, 0.05) is 12.2 Å². The van der Waals surface area contributed by atoms with Crippen LogP contribution in [-0.4, -0.2) is 4.98 Å². The van der Waals surface area contributed by atoms with Gasteiger partial charge < -0.3 is 5.73 Å². The van der Waals surface area contributed by atoms with Gasteiger partial charge in [0.1, 0.15) is 0 Å². The summed E-state index contributed by atoms with van der Waals surface area (Å²) >= 11 is 0. The molecule has 2 heteroatoms. The first-order chi connectivity index (χ1) is 6.59. The molecule has 0 aromatic carbocycles. The maximum absolute atomic E-state index is 6.05. The molecule has 0 amide bonds. The van der Waals surface area contributed by atoms with E-state index in [1.807, 2.05) is 12.3 Å². The molecule has 1 rings (SSSR count). The molecule has 1 aromatic heterocycles. The van der Waals surface area contributed by atoms with Crippen LogP contribution in [0.15, 0.2) is 18.3 Å². The van der Waals surface area contributed by atoms with Gasteiger partial charge in [-0.1, -0.05) is 13.8 Å². The standard InChI is InChI=1S/C12H20N2/c1-9(2)4-5-11(13)12-8-10(3)6-7-14-12/h6-9,11H,4-5,13H2,1-3H3. The molecule has 0 spiro atoms. The molecule has 14 heavy (non-hydrogen) atoms. The molecule has 78 valence electrons. The fraction of sp³-hybridized carbons (Fsp3) is 0.583. The number of aryl methyl sites for hydroxylation is 1. The van der Waals surface area contributed by atoms with E-state index in [1.165, 1.54) is 5.56 Å². The lowest BCUT2D eigenvalue weighted by Gasteiger charge is -2.12. The minimum Gasteiger partial charge on any atom is -0.323 e. The third-order valence-corrected chi connectivity index (χ3v) is 2.37. The van der Waals surface area contributed by atoms with Crippen LogP contribution in [0.1, 0.15) is 44.0 Å². The lowest BCUT2D eigenvalue weighted by Crippen LogP contribution is -2.12. The molecule has 2 nitrogen and oxygen atoms in total. The highest BCUT2D eigenvalue weighted by Crippen LogP contribution is 2.17. The van der Waals surface area contributed by atoms with Crippen molar-refractivity contribution in [1.82, 2.24) is 4.98 Å². The molecule has 0 bridgehead atoms. The van der Waals surface area contributed by atoms with E-state index in [9.17, 15) is 0 Å². The molecule has 1 unspecified atom stereocenters. The second-order valence-electron chi connectivity index (χ2n) is 4.34. The van der Waals surface area contributed by atoms with E-state index in [1.54, 1.807) is 0 Å². The van der Waals surface area contributed by atoms with Gasteiger partial charge in [-0.3, -0.25) is 4.98 Å². The summed E-state index contributed by atoms with van der Waals surface area (Å²) in [5.41, 5.74) is 8.30. The maximum atomic E-state index is 6.05. The lowest BCUT2D eigenvalue weighted by molar-refractivity contribution is 0.501. The Morgan fingerprint density at radius 2 is 2.07 bits per heavy atom. The first kappa shape index (κ1) is 11.2. The quantitative estimate of drug-likeness (QED) is 0.796. The van der Waals surface area contributed by atoms with Gasteiger partial charge in [-0.25, -0.2) is 0 Å². The topological polar surface area (TPSA) is 38.9 Å². The summed E-state index contributed by atoms with van der Waals surface area (Å²) in [6.07, 6.45) is 4.02. The molecule has 0 radical (unpaired) electrons. The van der Waals surface area contributed by atoms with E-state index in [0.717, 1.165) is 18.5 Å². The molecule has 1 aromatic rings. The van der Waals surface area contributed by atoms with Crippen LogP contribution in [-0.2, 0) is 0 Å². The number of pyridine rings is 1. The first-order valence-corrected chi connectivity index (χ1v) is 5.27. The third kappa shape index (κ3) is 3.46. The van der Waals surface area contributed by atoms with Crippen LogP contribution in [0.25, 0.3) is 0 Å². The van der Waals surface area contributed by atoms with Crippen molar-refractivity contribution in [1.29, 1.82) is 0 Å². The van der Waals surface area contributed by atoms with Crippen LogP contribution in [0.3, 0.4) is 0 Å². The number of rotatable bonds is 4. The van der Waals surface area contributed by atoms with Gasteiger partial charge in [0.15, 0.2) is 0 Å². The van der Waals surface area contributed by atoms with Crippen molar-refractivity contribution in [2.75, 3.05) is 0 Å². The Morgan fingerprint density at radius 3 is 2.64 bits per heavy atom. The SMILES string of the molecule is Cc1ccnc(C(N)CCC(C)C)c1. The van der Waals surface area contributed by atoms with Crippen molar-refractivity contribution in [2.24, 2.45) is 11.7 Å². The number of hydrogen-bond acceptors (Lipinski definition) is 2. The maximum Gasteiger partial charge on any atom is 0.0573 e. The summed E-state index contributed by atoms with van der Waals surface area (Å²) in [5.74, 6) is 0.714. The molecular weight excluding hydrogens is 172 g/mol. The van der Waals surface area contributed by atoms with Crippen molar-refractivity contribution in [3.63, 3.8) is 0 Å². The fourth-order valence-electron chi connectivity index (χ4n) is 1.42. The predicted octanol–water partition coefficient (Wildman–Crippen LogP) is 2.83. The largest absolute Gasteiger partial charge is 0.323 e. The average Bonchev–Trinajstić information content (AvgIpc) is 2.14. The summed E-state index contributed by atoms with van der Waals surface area (Å²) in [7, 11) is 0. The Morgan fingerprint density at radius 1 is 1.36 bits per heavy atom. The second kappa shape index (κ2) is 5.11. The van der Waals surface area contributed by atoms with E-state index in [4.69, 9.17) is 5.73 Å². The van der Waals surface area contributed by atoms with Crippen molar-refractivity contribution >= 4 is 0 Å². The third-order valence-electron chi connectivity index (χ3n) is 2.37. The molecule has 0 saturated carbocycles. The summed E-state index contributed by atoms with van der Waals surface area (Å²) in [6, 6.07) is 4.17. The summed E-state index contributed by atoms with van der Waals surface area (Å²) in [5, 5.41) is 0. The minimum absolute atomic E-state index is 0.0947. The Kier molecular flexibility index (Phi) is 4.08. The van der Waals surface area contributed by atoms with E-state index in [0.29, 0.717) is 5.92 Å². The van der Waals surface area contributed by atoms with Crippen molar-refractivity contribution in [2.45, 2.75) is 39.7 Å². The molecular formula is C12H20N2. The van der Waals surface area contributed by atoms with Crippen molar-refractivity contribution in [3.8, 4) is 0 Å². The highest BCUT2D eigenvalue weighted by atomic mass is 14.8. The molecule has 0 fully saturated rings. The van der Waals surface area contributed by atoms with Crippen LogP contribution < -0.4 is 5.73 Å². The van der Waals surface area contributed by atoms with Gasteiger partial charge in [-0.2, -0.15) is 0 Å². The van der Waals surface area contributed by atoms with Crippen molar-refractivity contribution < 1.29 is 0 Å². The number of aromatic nitrogens is 1. The minimum atomic E-state index is 0.0947. The molecule has 1 atom stereocenters. The van der Waals surface area contributed by atoms with Gasteiger partial charge in [0.2, 0.25) is 0 Å². The zero-order chi connectivity index (χ0) is 10.6. The fourth-order valence-corrected chi connectivity index (χ4v) is 1.42. The van der Waals surface area contributed by atoms with Crippen molar-refractivity contribution in [3.05, 3.63) is 29.6 Å². The van der Waals surface area contributed by atoms with Gasteiger partial charge in [-0.05, 0) is 43.4 Å². The Labute approximate surface area is 86.5 Å². The highest BCUT2D eigenvalue weighted by Gasteiger charge is 2.07. The first-order valence-electron chi connectivity index (χ1n) is 5.27. The Balaban J connectivity index is 2.56. The normalized spacial score (nSPS) is 13.2. The summed E-state index contributed by atoms with van der Waals surface area (Å²) in [4.78, 5) is 4.29. The van der Waals surface area contributed by atoms with Crippen LogP contribution in [0, 0.1) is 12.8 Å². The Bertz CT molecular complexity index is 281. The number of nitrogens with zero attached hydrogens (tertiary/aromatic N) is 1. The zero-order valence-corrected chi connectivity index (χ0v) is 9.33. The van der Waals surface area contributed by atoms with Crippen LogP contribution in [0.5, 0.6) is 0 Å². The lowest BCUT2D eigenvalue weighted by atomic mass is 10.0. The highest BCUT2D eigenvalue weighted by molar-refractivity contribution is 5.16. The Hall–Kier alpha value is -0.890. The monoisotopic (exact) mass is 192 g/mol. The number of nitrogens with two attached hydrogens (primary N) is 1. The summed E-state index contributed by atoms with van der Waals surface area (Å²) < 4.78 is 0. The predicted molar refractivity (Wildman–Crippen MR) is 60.0 cm³/mol. The molecule has 2 N–H and O–H groups in total. The summed E-state index contributed by atoms with van der Waals surface area (Å²) in [6.45, 7) is 6.51. The van der Waals surface area contributed by atoms with Gasteiger partial charge in [0.05, 0.1) is 5.69 Å². The van der Waals surface area contributed by atoms with E-state index in [2.05, 4.69) is 31.8 Å². The van der Waals surface area contributed by atoms with E-state index < -0.39 is 0 Å². The van der Waals surface area contributed by atoms with Crippen LogP contribution in [0.4, 0.5) is 0 Å². The molecule has 0 aliphatic rings. The number of hydrogen-bond donors (Lipinski definition) is 1.